The Morgan fingerprint density at radius 3 is 2.86 bits per heavy atom. The van der Waals surface area contributed by atoms with Crippen LogP contribution in [0.15, 0.2) is 24.3 Å². The van der Waals surface area contributed by atoms with Crippen LogP contribution in [-0.4, -0.2) is 22.9 Å². The number of methoxy groups -OCH3 is 1. The quantitative estimate of drug-likeness (QED) is 0.674. The molecule has 2 N–H and O–H groups in total. The minimum absolute atomic E-state index is 0.158. The van der Waals surface area contributed by atoms with Crippen molar-refractivity contribution in [3.05, 3.63) is 41.2 Å². The molecule has 0 aliphatic rings. The van der Waals surface area contributed by atoms with Crippen molar-refractivity contribution in [2.75, 3.05) is 12.8 Å². The zero-order valence-corrected chi connectivity index (χ0v) is 12.4. The molecule has 1 aromatic heterocycles. The number of ether oxygens (including phenoxy) is 2. The van der Waals surface area contributed by atoms with Crippen LogP contribution in [0.4, 0.5) is 5.69 Å². The van der Waals surface area contributed by atoms with Gasteiger partial charge in [-0.2, -0.15) is 5.10 Å². The third-order valence-electron chi connectivity index (χ3n) is 3.11. The molecule has 0 fully saturated rings. The van der Waals surface area contributed by atoms with Crippen LogP contribution in [0.1, 0.15) is 28.7 Å². The first kappa shape index (κ1) is 14.9. The van der Waals surface area contributed by atoms with E-state index in [2.05, 4.69) is 5.10 Å². The Morgan fingerprint density at radius 2 is 2.19 bits per heavy atom. The summed E-state index contributed by atoms with van der Waals surface area (Å²) in [5.74, 6) is -0.136. The molecular weight excluding hydrogens is 270 g/mol. The maximum atomic E-state index is 12.2. The lowest BCUT2D eigenvalue weighted by Crippen LogP contribution is -2.11. The van der Waals surface area contributed by atoms with Gasteiger partial charge in [-0.15, -0.1) is 0 Å². The van der Waals surface area contributed by atoms with Gasteiger partial charge in [0.05, 0.1) is 24.2 Å². The molecule has 0 saturated carbocycles. The van der Waals surface area contributed by atoms with Crippen LogP contribution in [0.25, 0.3) is 0 Å². The predicted molar refractivity (Wildman–Crippen MR) is 79.2 cm³/mol. The molecule has 1 heterocycles. The van der Waals surface area contributed by atoms with Gasteiger partial charge >= 0.3 is 5.97 Å². The minimum atomic E-state index is -0.472. The van der Waals surface area contributed by atoms with Crippen molar-refractivity contribution in [2.45, 2.75) is 27.0 Å². The van der Waals surface area contributed by atoms with Crippen molar-refractivity contribution < 1.29 is 14.3 Å². The van der Waals surface area contributed by atoms with Gasteiger partial charge in [0.15, 0.2) is 5.75 Å². The summed E-state index contributed by atoms with van der Waals surface area (Å²) in [6.45, 7) is 4.77. The molecule has 0 atom stereocenters. The van der Waals surface area contributed by atoms with Crippen LogP contribution in [0.5, 0.6) is 5.75 Å². The Morgan fingerprint density at radius 1 is 1.43 bits per heavy atom. The zero-order chi connectivity index (χ0) is 15.4. The van der Waals surface area contributed by atoms with E-state index in [-0.39, 0.29) is 6.61 Å². The van der Waals surface area contributed by atoms with E-state index in [4.69, 9.17) is 15.2 Å². The second-order valence-corrected chi connectivity index (χ2v) is 4.60. The van der Waals surface area contributed by atoms with Crippen molar-refractivity contribution in [3.8, 4) is 5.75 Å². The highest BCUT2D eigenvalue weighted by Gasteiger charge is 2.16. The highest BCUT2D eigenvalue weighted by Crippen LogP contribution is 2.26. The van der Waals surface area contributed by atoms with Crippen molar-refractivity contribution in [1.82, 2.24) is 9.78 Å². The van der Waals surface area contributed by atoms with Gasteiger partial charge in [-0.1, -0.05) is 6.07 Å². The fourth-order valence-corrected chi connectivity index (χ4v) is 2.15. The SMILES string of the molecule is CCn1nc(C)cc1COC(=O)c1cccc(N)c1OC. The highest BCUT2D eigenvalue weighted by atomic mass is 16.5. The van der Waals surface area contributed by atoms with Gasteiger partial charge in [0, 0.05) is 6.54 Å². The van der Waals surface area contributed by atoms with Crippen LogP contribution in [0, 0.1) is 6.92 Å². The number of aromatic nitrogens is 2. The molecule has 6 nitrogen and oxygen atoms in total. The normalized spacial score (nSPS) is 10.4. The average Bonchev–Trinajstić information content (AvgIpc) is 2.84. The van der Waals surface area contributed by atoms with E-state index in [0.29, 0.717) is 17.0 Å². The molecule has 0 aliphatic heterocycles. The van der Waals surface area contributed by atoms with E-state index in [1.807, 2.05) is 19.9 Å². The molecule has 6 heteroatoms. The monoisotopic (exact) mass is 289 g/mol. The lowest BCUT2D eigenvalue weighted by molar-refractivity contribution is 0.0459. The smallest absolute Gasteiger partial charge is 0.342 e. The first-order chi connectivity index (χ1) is 10.1. The molecule has 1 aromatic carbocycles. The van der Waals surface area contributed by atoms with Gasteiger partial charge in [-0.3, -0.25) is 4.68 Å². The van der Waals surface area contributed by atoms with Crippen molar-refractivity contribution >= 4 is 11.7 Å². The number of esters is 1. The van der Waals surface area contributed by atoms with Gasteiger partial charge in [0.2, 0.25) is 0 Å². The number of hydrogen-bond donors (Lipinski definition) is 1. The second-order valence-electron chi connectivity index (χ2n) is 4.60. The molecule has 0 radical (unpaired) electrons. The molecule has 0 bridgehead atoms. The van der Waals surface area contributed by atoms with E-state index in [1.54, 1.807) is 22.9 Å². The summed E-state index contributed by atoms with van der Waals surface area (Å²) in [4.78, 5) is 12.2. The molecule has 0 aliphatic carbocycles. The van der Waals surface area contributed by atoms with Crippen LogP contribution in [0.2, 0.25) is 0 Å². The van der Waals surface area contributed by atoms with Crippen molar-refractivity contribution in [2.24, 2.45) is 0 Å². The molecular formula is C15H19N3O3. The number of nitrogens with zero attached hydrogens (tertiary/aromatic N) is 2. The third kappa shape index (κ3) is 3.16. The first-order valence-corrected chi connectivity index (χ1v) is 6.69. The number of benzene rings is 1. The number of nitrogen functional groups attached to an aromatic ring is 1. The summed E-state index contributed by atoms with van der Waals surface area (Å²) in [7, 11) is 1.47. The summed E-state index contributed by atoms with van der Waals surface area (Å²) in [5.41, 5.74) is 8.25. The maximum Gasteiger partial charge on any atom is 0.342 e. The first-order valence-electron chi connectivity index (χ1n) is 6.69. The zero-order valence-electron chi connectivity index (χ0n) is 12.4. The van der Waals surface area contributed by atoms with Crippen molar-refractivity contribution in [3.63, 3.8) is 0 Å². The lowest BCUT2D eigenvalue weighted by Gasteiger charge is -2.11. The fourth-order valence-electron chi connectivity index (χ4n) is 2.15. The van der Waals surface area contributed by atoms with E-state index in [1.165, 1.54) is 7.11 Å². The Hall–Kier alpha value is -2.50. The standard InChI is InChI=1S/C15H19N3O3/c1-4-18-11(8-10(2)17-18)9-21-15(19)12-6-5-7-13(16)14(12)20-3/h5-8H,4,9,16H2,1-3H3. The largest absolute Gasteiger partial charge is 0.494 e. The highest BCUT2D eigenvalue weighted by molar-refractivity contribution is 5.94. The van der Waals surface area contributed by atoms with Crippen molar-refractivity contribution in [1.29, 1.82) is 0 Å². The van der Waals surface area contributed by atoms with Gasteiger partial charge in [0.1, 0.15) is 12.2 Å². The second kappa shape index (κ2) is 6.30. The van der Waals surface area contributed by atoms with Gasteiger partial charge < -0.3 is 15.2 Å². The molecule has 21 heavy (non-hydrogen) atoms. The Balaban J connectivity index is 2.13. The molecule has 0 unspecified atom stereocenters. The Bertz CT molecular complexity index is 650. The number of carbonyl (C=O) groups excluding carboxylic acids is 1. The van der Waals surface area contributed by atoms with Crippen LogP contribution in [-0.2, 0) is 17.9 Å². The van der Waals surface area contributed by atoms with Gasteiger partial charge in [-0.25, -0.2) is 4.79 Å². The fraction of sp³-hybridized carbons (Fsp3) is 0.333. The predicted octanol–water partition coefficient (Wildman–Crippen LogP) is 2.16. The summed E-state index contributed by atoms with van der Waals surface area (Å²) in [6.07, 6.45) is 0. The molecule has 0 spiro atoms. The summed E-state index contributed by atoms with van der Waals surface area (Å²) in [6, 6.07) is 6.88. The Kier molecular flexibility index (Phi) is 4.47. The van der Waals surface area contributed by atoms with Gasteiger partial charge in [-0.05, 0) is 32.0 Å². The molecule has 2 rings (SSSR count). The number of carbonyl (C=O) groups is 1. The van der Waals surface area contributed by atoms with E-state index in [0.717, 1.165) is 17.9 Å². The number of rotatable bonds is 5. The maximum absolute atomic E-state index is 12.2. The number of para-hydroxylation sites is 1. The third-order valence-corrected chi connectivity index (χ3v) is 3.11. The van der Waals surface area contributed by atoms with Crippen LogP contribution in [0.3, 0.4) is 0 Å². The molecule has 0 saturated heterocycles. The molecule has 112 valence electrons. The van der Waals surface area contributed by atoms with E-state index < -0.39 is 5.97 Å². The summed E-state index contributed by atoms with van der Waals surface area (Å²) < 4.78 is 12.3. The number of hydrogen-bond acceptors (Lipinski definition) is 5. The van der Waals surface area contributed by atoms with Crippen LogP contribution < -0.4 is 10.5 Å². The minimum Gasteiger partial charge on any atom is -0.494 e. The number of nitrogens with two attached hydrogens (primary N) is 1. The summed E-state index contributed by atoms with van der Waals surface area (Å²) >= 11 is 0. The number of aryl methyl sites for hydroxylation is 2. The summed E-state index contributed by atoms with van der Waals surface area (Å²) in [5, 5.41) is 4.31. The van der Waals surface area contributed by atoms with E-state index in [9.17, 15) is 4.79 Å². The number of anilines is 1. The van der Waals surface area contributed by atoms with Crippen LogP contribution >= 0.6 is 0 Å². The lowest BCUT2D eigenvalue weighted by atomic mass is 10.2. The molecule has 0 amide bonds. The molecule has 2 aromatic rings. The Labute approximate surface area is 123 Å². The van der Waals surface area contributed by atoms with E-state index >= 15 is 0 Å². The topological polar surface area (TPSA) is 79.4 Å². The average molecular weight is 289 g/mol. The van der Waals surface area contributed by atoms with Gasteiger partial charge in [0.25, 0.3) is 0 Å².